The average Bonchev–Trinajstić information content (AvgIpc) is 2.93. The lowest BCUT2D eigenvalue weighted by atomic mass is 10.1. The minimum atomic E-state index is -4.52. The summed E-state index contributed by atoms with van der Waals surface area (Å²) in [5.41, 5.74) is -1.59. The van der Waals surface area contributed by atoms with Crippen molar-refractivity contribution in [1.29, 1.82) is 0 Å². The quantitative estimate of drug-likeness (QED) is 0.924. The van der Waals surface area contributed by atoms with Crippen LogP contribution in [0.2, 0.25) is 0 Å². The van der Waals surface area contributed by atoms with Crippen molar-refractivity contribution in [3.63, 3.8) is 0 Å². The minimum absolute atomic E-state index is 0.00493. The monoisotopic (exact) mass is 297 g/mol. The highest BCUT2D eigenvalue weighted by atomic mass is 19.4. The number of fused-ring (bicyclic) bond motifs is 1. The van der Waals surface area contributed by atoms with E-state index >= 15 is 0 Å². The molecule has 0 saturated carbocycles. The van der Waals surface area contributed by atoms with Gasteiger partial charge in [0, 0.05) is 12.6 Å². The van der Waals surface area contributed by atoms with Gasteiger partial charge in [-0.3, -0.25) is 9.36 Å². The SMILES string of the molecule is O=c1c2cccc(C(F)(F)F)c2ncn1CC1CCCN1. The molecule has 0 radical (unpaired) electrons. The molecule has 1 unspecified atom stereocenters. The zero-order valence-corrected chi connectivity index (χ0v) is 11.2. The first kappa shape index (κ1) is 14.1. The smallest absolute Gasteiger partial charge is 0.312 e. The summed E-state index contributed by atoms with van der Waals surface area (Å²) in [4.78, 5) is 16.2. The van der Waals surface area contributed by atoms with Crippen LogP contribution >= 0.6 is 0 Å². The summed E-state index contributed by atoms with van der Waals surface area (Å²) in [5, 5.41) is 3.25. The highest BCUT2D eigenvalue weighted by Gasteiger charge is 2.33. The predicted octanol–water partition coefficient (Wildman–Crippen LogP) is 2.17. The van der Waals surface area contributed by atoms with Crippen molar-refractivity contribution in [3.05, 3.63) is 40.4 Å². The first-order valence-electron chi connectivity index (χ1n) is 6.75. The molecule has 21 heavy (non-hydrogen) atoms. The van der Waals surface area contributed by atoms with Crippen molar-refractivity contribution in [2.24, 2.45) is 0 Å². The van der Waals surface area contributed by atoms with Gasteiger partial charge in [-0.25, -0.2) is 4.98 Å². The second-order valence-corrected chi connectivity index (χ2v) is 5.19. The number of nitrogens with zero attached hydrogens (tertiary/aromatic N) is 2. The van der Waals surface area contributed by atoms with Crippen molar-refractivity contribution < 1.29 is 13.2 Å². The Balaban J connectivity index is 2.07. The van der Waals surface area contributed by atoms with E-state index < -0.39 is 17.3 Å². The maximum Gasteiger partial charge on any atom is 0.418 e. The van der Waals surface area contributed by atoms with Crippen molar-refractivity contribution >= 4 is 10.9 Å². The van der Waals surface area contributed by atoms with Crippen LogP contribution in [0, 0.1) is 0 Å². The van der Waals surface area contributed by atoms with Gasteiger partial charge in [0.2, 0.25) is 0 Å². The molecular formula is C14H14F3N3O. The second-order valence-electron chi connectivity index (χ2n) is 5.19. The first-order valence-corrected chi connectivity index (χ1v) is 6.75. The van der Waals surface area contributed by atoms with Crippen molar-refractivity contribution in [2.75, 3.05) is 6.54 Å². The number of hydrogen-bond acceptors (Lipinski definition) is 3. The molecule has 2 heterocycles. The number of rotatable bonds is 2. The van der Waals surface area contributed by atoms with E-state index in [4.69, 9.17) is 0 Å². The minimum Gasteiger partial charge on any atom is -0.312 e. The van der Waals surface area contributed by atoms with Crippen LogP contribution in [0.1, 0.15) is 18.4 Å². The van der Waals surface area contributed by atoms with Crippen LogP contribution in [0.15, 0.2) is 29.3 Å². The number of alkyl halides is 3. The van der Waals surface area contributed by atoms with E-state index in [1.54, 1.807) is 0 Å². The van der Waals surface area contributed by atoms with Crippen LogP contribution in [0.5, 0.6) is 0 Å². The van der Waals surface area contributed by atoms with Gasteiger partial charge in [-0.15, -0.1) is 0 Å². The fourth-order valence-electron chi connectivity index (χ4n) is 2.70. The Morgan fingerprint density at radius 3 is 2.86 bits per heavy atom. The summed E-state index contributed by atoms with van der Waals surface area (Å²) in [6.45, 7) is 1.33. The molecule has 0 aliphatic carbocycles. The molecule has 112 valence electrons. The number of para-hydroxylation sites is 1. The highest BCUT2D eigenvalue weighted by molar-refractivity contribution is 5.81. The fourth-order valence-corrected chi connectivity index (χ4v) is 2.70. The van der Waals surface area contributed by atoms with Crippen LogP contribution in [0.3, 0.4) is 0 Å². The van der Waals surface area contributed by atoms with Crippen molar-refractivity contribution in [3.8, 4) is 0 Å². The molecule has 1 aromatic carbocycles. The number of benzene rings is 1. The predicted molar refractivity (Wildman–Crippen MR) is 72.0 cm³/mol. The van der Waals surface area contributed by atoms with Gasteiger partial charge in [0.1, 0.15) is 0 Å². The van der Waals surface area contributed by atoms with Gasteiger partial charge in [-0.05, 0) is 31.5 Å². The summed E-state index contributed by atoms with van der Waals surface area (Å²) in [6.07, 6.45) is -1.32. The molecule has 0 spiro atoms. The molecule has 7 heteroatoms. The molecule has 1 saturated heterocycles. The zero-order valence-electron chi connectivity index (χ0n) is 11.2. The zero-order chi connectivity index (χ0) is 15.0. The molecule has 1 aliphatic heterocycles. The molecule has 3 rings (SSSR count). The lowest BCUT2D eigenvalue weighted by Crippen LogP contribution is -2.32. The maximum absolute atomic E-state index is 12.9. The second kappa shape index (κ2) is 5.14. The van der Waals surface area contributed by atoms with Crippen molar-refractivity contribution in [2.45, 2.75) is 31.6 Å². The van der Waals surface area contributed by atoms with Crippen molar-refractivity contribution in [1.82, 2.24) is 14.9 Å². The van der Waals surface area contributed by atoms with E-state index in [9.17, 15) is 18.0 Å². The van der Waals surface area contributed by atoms with Crippen LogP contribution in [0.25, 0.3) is 10.9 Å². The molecule has 1 aromatic heterocycles. The molecule has 1 N–H and O–H groups in total. The summed E-state index contributed by atoms with van der Waals surface area (Å²) >= 11 is 0. The van der Waals surface area contributed by atoms with E-state index in [2.05, 4.69) is 10.3 Å². The topological polar surface area (TPSA) is 46.9 Å². The molecule has 2 aromatic rings. The Morgan fingerprint density at radius 2 is 2.19 bits per heavy atom. The fraction of sp³-hybridized carbons (Fsp3) is 0.429. The Kier molecular flexibility index (Phi) is 3.44. The Bertz CT molecular complexity index is 717. The van der Waals surface area contributed by atoms with Gasteiger partial charge in [-0.1, -0.05) is 6.07 Å². The van der Waals surface area contributed by atoms with E-state index in [0.717, 1.165) is 25.5 Å². The molecule has 0 bridgehead atoms. The lowest BCUT2D eigenvalue weighted by molar-refractivity contribution is -0.136. The third-order valence-corrected chi connectivity index (χ3v) is 3.74. The third kappa shape index (κ3) is 2.65. The molecular weight excluding hydrogens is 283 g/mol. The van der Waals surface area contributed by atoms with E-state index in [1.807, 2.05) is 0 Å². The molecule has 1 fully saturated rings. The third-order valence-electron chi connectivity index (χ3n) is 3.74. The van der Waals surface area contributed by atoms with Gasteiger partial charge in [-0.2, -0.15) is 13.2 Å². The molecule has 1 atom stereocenters. The largest absolute Gasteiger partial charge is 0.418 e. The Labute approximate surface area is 118 Å². The normalized spacial score (nSPS) is 19.3. The summed E-state index contributed by atoms with van der Waals surface area (Å²) in [5.74, 6) is 0. The van der Waals surface area contributed by atoms with Gasteiger partial charge >= 0.3 is 6.18 Å². The van der Waals surface area contributed by atoms with Gasteiger partial charge in [0.15, 0.2) is 0 Å². The van der Waals surface area contributed by atoms with Crippen LogP contribution in [0.4, 0.5) is 13.2 Å². The van der Waals surface area contributed by atoms with Gasteiger partial charge in [0.25, 0.3) is 5.56 Å². The molecule has 1 aliphatic rings. The van der Waals surface area contributed by atoms with Gasteiger partial charge in [0.05, 0.1) is 22.8 Å². The summed E-state index contributed by atoms with van der Waals surface area (Å²) < 4.78 is 40.1. The Hall–Kier alpha value is -1.89. The number of aromatic nitrogens is 2. The van der Waals surface area contributed by atoms with E-state index in [-0.39, 0.29) is 16.9 Å². The standard InChI is InChI=1S/C14H14F3N3O/c15-14(16,17)11-5-1-4-10-12(11)19-8-20(13(10)21)7-9-3-2-6-18-9/h1,4-5,8-9,18H,2-3,6-7H2. The summed E-state index contributed by atoms with van der Waals surface area (Å²) in [6, 6.07) is 3.75. The number of nitrogens with one attached hydrogen (secondary N) is 1. The number of hydrogen-bond donors (Lipinski definition) is 1. The van der Waals surface area contributed by atoms with Crippen LogP contribution < -0.4 is 10.9 Å². The summed E-state index contributed by atoms with van der Waals surface area (Å²) in [7, 11) is 0. The van der Waals surface area contributed by atoms with E-state index in [0.29, 0.717) is 6.54 Å². The maximum atomic E-state index is 12.9. The van der Waals surface area contributed by atoms with Gasteiger partial charge < -0.3 is 5.32 Å². The van der Waals surface area contributed by atoms with Crippen LogP contribution in [-0.2, 0) is 12.7 Å². The molecule has 4 nitrogen and oxygen atoms in total. The average molecular weight is 297 g/mol. The highest BCUT2D eigenvalue weighted by Crippen LogP contribution is 2.32. The Morgan fingerprint density at radius 1 is 1.38 bits per heavy atom. The van der Waals surface area contributed by atoms with E-state index in [1.165, 1.54) is 23.0 Å². The lowest BCUT2D eigenvalue weighted by Gasteiger charge is -2.14. The van der Waals surface area contributed by atoms with Crippen LogP contribution in [-0.4, -0.2) is 22.1 Å². The number of halogens is 3. The first-order chi connectivity index (χ1) is 9.97. The molecule has 0 amide bonds.